The zero-order chi connectivity index (χ0) is 29.8. The van der Waals surface area contributed by atoms with E-state index in [4.69, 9.17) is 18.9 Å². The van der Waals surface area contributed by atoms with Gasteiger partial charge in [-0.25, -0.2) is 9.59 Å². The first-order valence-electron chi connectivity index (χ1n) is 12.2. The lowest BCUT2D eigenvalue weighted by atomic mass is 9.92. The van der Waals surface area contributed by atoms with Crippen molar-refractivity contribution in [3.8, 4) is 0 Å². The summed E-state index contributed by atoms with van der Waals surface area (Å²) in [6.45, 7) is 0.903. The predicted molar refractivity (Wildman–Crippen MR) is 130 cm³/mol. The lowest BCUT2D eigenvalue weighted by molar-refractivity contribution is -0.278. The van der Waals surface area contributed by atoms with Gasteiger partial charge >= 0.3 is 24.3 Å². The molecule has 0 saturated carbocycles. The van der Waals surface area contributed by atoms with Crippen LogP contribution in [0.2, 0.25) is 0 Å². The molecule has 3 rings (SSSR count). The lowest BCUT2D eigenvalue weighted by Gasteiger charge is -2.34. The molecule has 4 atom stereocenters. The molecule has 0 heterocycles. The van der Waals surface area contributed by atoms with Crippen molar-refractivity contribution >= 4 is 11.9 Å². The Balaban J connectivity index is 1.79. The molecule has 1 aliphatic rings. The van der Waals surface area contributed by atoms with Crippen molar-refractivity contribution in [1.82, 2.24) is 0 Å². The Hall–Kier alpha value is -3.38. The van der Waals surface area contributed by atoms with Crippen molar-refractivity contribution < 1.29 is 54.9 Å². The van der Waals surface area contributed by atoms with Crippen LogP contribution in [-0.2, 0) is 39.7 Å². The van der Waals surface area contributed by atoms with Crippen molar-refractivity contribution in [2.75, 3.05) is 20.8 Å². The number of esters is 2. The monoisotopic (exact) mass is 574 g/mol. The average molecular weight is 575 g/mol. The van der Waals surface area contributed by atoms with Gasteiger partial charge in [0.25, 0.3) is 11.2 Å². The second-order valence-electron chi connectivity index (χ2n) is 9.17. The number of methoxy groups -OCH3 is 2. The molecule has 12 heteroatoms. The van der Waals surface area contributed by atoms with Crippen molar-refractivity contribution in [2.24, 2.45) is 5.92 Å². The number of carbonyl (C=O) groups is 2. The minimum absolute atomic E-state index is 0.125. The molecule has 0 spiro atoms. The largest absolute Gasteiger partial charge is 0.462 e. The van der Waals surface area contributed by atoms with Gasteiger partial charge < -0.3 is 18.9 Å². The number of carbonyl (C=O) groups excluding carboxylic acids is 2. The van der Waals surface area contributed by atoms with E-state index in [0.717, 1.165) is 38.5 Å². The van der Waals surface area contributed by atoms with E-state index in [2.05, 4.69) is 0 Å². The van der Waals surface area contributed by atoms with Gasteiger partial charge in [-0.1, -0.05) is 73.7 Å². The van der Waals surface area contributed by atoms with E-state index in [1.165, 1.54) is 43.3 Å². The molecule has 218 valence electrons. The SMILES string of the molecule is CO[C@@](C(=O)OC[C@H](C)C1=CCC[C@@H]1OC(=O)[C@](OC)(c1ccccc1)C(F)(F)F)(c1ccccc1)C(F)(F)F. The van der Waals surface area contributed by atoms with Crippen LogP contribution in [0.3, 0.4) is 0 Å². The highest BCUT2D eigenvalue weighted by Crippen LogP contribution is 2.45. The molecule has 0 aliphatic heterocycles. The fourth-order valence-electron chi connectivity index (χ4n) is 4.73. The zero-order valence-corrected chi connectivity index (χ0v) is 21.8. The molecule has 0 fully saturated rings. The van der Waals surface area contributed by atoms with Gasteiger partial charge in [0.05, 0.1) is 6.61 Å². The van der Waals surface area contributed by atoms with Crippen molar-refractivity contribution in [3.05, 3.63) is 83.4 Å². The van der Waals surface area contributed by atoms with E-state index in [1.54, 1.807) is 6.08 Å². The standard InChI is InChI=1S/C28H28F6O6/c1-18(17-39-23(35)25(37-2,27(29,30)31)19-11-6-4-7-12-19)21-15-10-16-22(21)40-24(36)26(38-3,28(32,33)34)20-13-8-5-9-14-20/h4-9,11-15,18,22H,10,16-17H2,1-3H3/t18-,22-,25+,26+/m0/s1. The minimum Gasteiger partial charge on any atom is -0.462 e. The summed E-state index contributed by atoms with van der Waals surface area (Å²) < 4.78 is 105. The third-order valence-corrected chi connectivity index (χ3v) is 6.81. The maximum atomic E-state index is 14.2. The molecule has 0 unspecified atom stereocenters. The summed E-state index contributed by atoms with van der Waals surface area (Å²) in [5.74, 6) is -4.22. The molecular weight excluding hydrogens is 546 g/mol. The summed E-state index contributed by atoms with van der Waals surface area (Å²) in [5, 5.41) is 0. The lowest BCUT2D eigenvalue weighted by Crippen LogP contribution is -2.52. The summed E-state index contributed by atoms with van der Waals surface area (Å²) in [4.78, 5) is 25.9. The second kappa shape index (κ2) is 12.0. The third-order valence-electron chi connectivity index (χ3n) is 6.81. The molecule has 0 N–H and O–H groups in total. The molecule has 2 aromatic rings. The highest BCUT2D eigenvalue weighted by Gasteiger charge is 2.65. The van der Waals surface area contributed by atoms with Crippen LogP contribution in [0.1, 0.15) is 30.9 Å². The molecule has 0 amide bonds. The number of alkyl halides is 6. The van der Waals surface area contributed by atoms with Crippen molar-refractivity contribution in [3.63, 3.8) is 0 Å². The molecule has 40 heavy (non-hydrogen) atoms. The quantitative estimate of drug-likeness (QED) is 0.197. The Morgan fingerprint density at radius 3 is 1.68 bits per heavy atom. The first kappa shape index (κ1) is 31.2. The molecule has 1 aliphatic carbocycles. The van der Waals surface area contributed by atoms with Crippen LogP contribution in [0, 0.1) is 5.92 Å². The van der Waals surface area contributed by atoms with E-state index in [0.29, 0.717) is 12.0 Å². The van der Waals surface area contributed by atoms with Crippen molar-refractivity contribution in [2.45, 2.75) is 49.4 Å². The van der Waals surface area contributed by atoms with Gasteiger partial charge in [0, 0.05) is 31.3 Å². The van der Waals surface area contributed by atoms with Crippen LogP contribution in [0.15, 0.2) is 72.3 Å². The van der Waals surface area contributed by atoms with Gasteiger partial charge in [0.2, 0.25) is 0 Å². The summed E-state index contributed by atoms with van der Waals surface area (Å²) in [5.41, 5.74) is -7.47. The summed E-state index contributed by atoms with van der Waals surface area (Å²) in [6.07, 6.45) is -9.47. The summed E-state index contributed by atoms with van der Waals surface area (Å²) >= 11 is 0. The number of benzene rings is 2. The van der Waals surface area contributed by atoms with Crippen LogP contribution >= 0.6 is 0 Å². The third kappa shape index (κ3) is 5.60. The normalized spacial score (nSPS) is 19.6. The highest BCUT2D eigenvalue weighted by atomic mass is 19.4. The zero-order valence-electron chi connectivity index (χ0n) is 21.8. The average Bonchev–Trinajstić information content (AvgIpc) is 3.36. The van der Waals surface area contributed by atoms with Gasteiger partial charge in [-0.3, -0.25) is 0 Å². The maximum absolute atomic E-state index is 14.2. The Bertz CT molecular complexity index is 1200. The van der Waals surface area contributed by atoms with Gasteiger partial charge in [-0.2, -0.15) is 26.3 Å². The van der Waals surface area contributed by atoms with E-state index in [1.807, 2.05) is 0 Å². The van der Waals surface area contributed by atoms with Gasteiger partial charge in [0.1, 0.15) is 6.10 Å². The number of halogens is 6. The van der Waals surface area contributed by atoms with Crippen molar-refractivity contribution in [1.29, 1.82) is 0 Å². The molecule has 0 saturated heterocycles. The van der Waals surface area contributed by atoms with E-state index >= 15 is 0 Å². The van der Waals surface area contributed by atoms with Gasteiger partial charge in [-0.15, -0.1) is 0 Å². The Labute approximate surface area is 226 Å². The van der Waals surface area contributed by atoms with E-state index < -0.39 is 65.2 Å². The Kier molecular flexibility index (Phi) is 9.35. The summed E-state index contributed by atoms with van der Waals surface area (Å²) in [7, 11) is 1.47. The van der Waals surface area contributed by atoms with Crippen LogP contribution in [0.4, 0.5) is 26.3 Å². The van der Waals surface area contributed by atoms with Crippen LogP contribution in [0.5, 0.6) is 0 Å². The maximum Gasteiger partial charge on any atom is 0.432 e. The van der Waals surface area contributed by atoms with E-state index in [-0.39, 0.29) is 6.42 Å². The van der Waals surface area contributed by atoms with Gasteiger partial charge in [0.15, 0.2) is 0 Å². The van der Waals surface area contributed by atoms with Gasteiger partial charge in [-0.05, 0) is 18.4 Å². The highest BCUT2D eigenvalue weighted by molar-refractivity contribution is 5.83. The molecule has 2 aromatic carbocycles. The summed E-state index contributed by atoms with van der Waals surface area (Å²) in [6, 6.07) is 12.5. The predicted octanol–water partition coefficient (Wildman–Crippen LogP) is 6.01. The van der Waals surface area contributed by atoms with Crippen LogP contribution < -0.4 is 0 Å². The number of rotatable bonds is 10. The fraction of sp³-hybridized carbons (Fsp3) is 0.429. The smallest absolute Gasteiger partial charge is 0.432 e. The minimum atomic E-state index is -5.18. The topological polar surface area (TPSA) is 71.1 Å². The number of hydrogen-bond acceptors (Lipinski definition) is 6. The van der Waals surface area contributed by atoms with E-state index in [9.17, 15) is 35.9 Å². The second-order valence-corrected chi connectivity index (χ2v) is 9.17. The first-order valence-corrected chi connectivity index (χ1v) is 12.2. The molecule has 0 radical (unpaired) electrons. The number of ether oxygens (including phenoxy) is 4. The Morgan fingerprint density at radius 1 is 0.800 bits per heavy atom. The molecule has 6 nitrogen and oxygen atoms in total. The number of allylic oxidation sites excluding steroid dienone is 1. The molecule has 0 aromatic heterocycles. The fourth-order valence-corrected chi connectivity index (χ4v) is 4.73. The molecule has 0 bridgehead atoms. The first-order chi connectivity index (χ1) is 18.8. The van der Waals surface area contributed by atoms with Crippen LogP contribution in [-0.4, -0.2) is 51.2 Å². The number of hydrogen-bond donors (Lipinski definition) is 0. The Morgan fingerprint density at radius 2 is 1.25 bits per heavy atom. The molecular formula is C28H28F6O6. The van der Waals surface area contributed by atoms with Crippen LogP contribution in [0.25, 0.3) is 0 Å².